The number of halogens is 2. The molecule has 1 aromatic heterocycles. The molecular weight excluding hydrogens is 497 g/mol. The minimum absolute atomic E-state index is 0.0684. The van der Waals surface area contributed by atoms with Crippen LogP contribution in [0, 0.1) is 23.1 Å². The molecule has 2 atom stereocenters. The molecule has 8 N–H and O–H groups in total. The van der Waals surface area contributed by atoms with E-state index in [4.69, 9.17) is 28.5 Å². The standard InChI is InChI=1S/C19H30N6O2.C7H7ClFN/c1-10(2)23-15(6-16(20)21)19(27)7-12-4-11(5-13(12)8-19)17-14(9-26)18(22)25(3)24-17;1-10-5-2-3-7(9)6(8)4-5/h6,9-13,23,27H,4-5,7-8,22H2,1-3H3,(H3,20,21);2-4,10H,1H3/b15-6-;. The first-order chi connectivity index (χ1) is 17.4. The van der Waals surface area contributed by atoms with Crippen LogP contribution in [0.15, 0.2) is 30.0 Å². The number of nitrogens with zero attached hydrogens (tertiary/aromatic N) is 2. The molecule has 2 saturated carbocycles. The van der Waals surface area contributed by atoms with E-state index >= 15 is 0 Å². The van der Waals surface area contributed by atoms with Crippen LogP contribution in [0.2, 0.25) is 5.02 Å². The number of anilines is 2. The van der Waals surface area contributed by atoms with Crippen molar-refractivity contribution in [2.75, 3.05) is 18.1 Å². The molecule has 1 heterocycles. The number of hydrogen-bond acceptors (Lipinski definition) is 7. The first-order valence-corrected chi connectivity index (χ1v) is 12.7. The van der Waals surface area contributed by atoms with E-state index in [-0.39, 0.29) is 28.6 Å². The van der Waals surface area contributed by atoms with Gasteiger partial charge in [0.05, 0.1) is 16.3 Å². The van der Waals surface area contributed by atoms with Gasteiger partial charge in [0.25, 0.3) is 0 Å². The molecule has 4 rings (SSSR count). The summed E-state index contributed by atoms with van der Waals surface area (Å²) in [6.07, 6.45) is 5.31. The lowest BCUT2D eigenvalue weighted by Crippen LogP contribution is -2.40. The van der Waals surface area contributed by atoms with Crippen LogP contribution in [0.4, 0.5) is 15.9 Å². The zero-order valence-corrected chi connectivity index (χ0v) is 22.4. The van der Waals surface area contributed by atoms with Crippen molar-refractivity contribution < 1.29 is 14.3 Å². The van der Waals surface area contributed by atoms with E-state index in [1.165, 1.54) is 18.2 Å². The average molecular weight is 534 g/mol. The fourth-order valence-electron chi connectivity index (χ4n) is 5.53. The minimum Gasteiger partial charge on any atom is -0.388 e. The van der Waals surface area contributed by atoms with Gasteiger partial charge in [0.2, 0.25) is 0 Å². The Morgan fingerprint density at radius 1 is 1.35 bits per heavy atom. The molecule has 2 aromatic rings. The predicted molar refractivity (Wildman–Crippen MR) is 145 cm³/mol. The molecule has 0 saturated heterocycles. The molecule has 2 aliphatic rings. The number of aryl methyl sites for hydroxylation is 1. The molecule has 202 valence electrons. The van der Waals surface area contributed by atoms with Gasteiger partial charge in [-0.2, -0.15) is 5.10 Å². The highest BCUT2D eigenvalue weighted by atomic mass is 35.5. The number of hydrogen-bond donors (Lipinski definition) is 6. The van der Waals surface area contributed by atoms with Crippen LogP contribution in [-0.4, -0.2) is 45.7 Å². The van der Waals surface area contributed by atoms with Gasteiger partial charge in [-0.05, 0) is 69.6 Å². The lowest BCUT2D eigenvalue weighted by Gasteiger charge is -2.30. The van der Waals surface area contributed by atoms with Crippen molar-refractivity contribution in [3.63, 3.8) is 0 Å². The number of fused-ring (bicyclic) bond motifs is 1. The molecule has 9 nitrogen and oxygen atoms in total. The number of rotatable bonds is 7. The topological polar surface area (TPSA) is 155 Å². The summed E-state index contributed by atoms with van der Waals surface area (Å²) in [6, 6.07) is 4.63. The van der Waals surface area contributed by atoms with Gasteiger partial charge in [0.1, 0.15) is 23.1 Å². The van der Waals surface area contributed by atoms with Crippen molar-refractivity contribution in [3.8, 4) is 0 Å². The van der Waals surface area contributed by atoms with Gasteiger partial charge in [-0.3, -0.25) is 14.9 Å². The van der Waals surface area contributed by atoms with Crippen LogP contribution >= 0.6 is 11.6 Å². The molecule has 2 aliphatic carbocycles. The SMILES string of the molecule is CC(C)N/C(=C\C(=N)N)C1(O)CC2CC(c3nn(C)c(N)c3C=O)CC2C1.CNc1ccc(F)c(Cl)c1. The molecule has 2 unspecified atom stereocenters. The third kappa shape index (κ3) is 6.42. The van der Waals surface area contributed by atoms with E-state index in [2.05, 4.69) is 15.7 Å². The van der Waals surface area contributed by atoms with Crippen molar-refractivity contribution in [1.29, 1.82) is 5.41 Å². The highest BCUT2D eigenvalue weighted by Gasteiger charge is 2.51. The van der Waals surface area contributed by atoms with Crippen molar-refractivity contribution >= 4 is 35.2 Å². The number of aliphatic hydroxyl groups is 1. The maximum absolute atomic E-state index is 12.5. The van der Waals surface area contributed by atoms with Gasteiger partial charge in [0.15, 0.2) is 6.29 Å². The van der Waals surface area contributed by atoms with Gasteiger partial charge in [-0.25, -0.2) is 4.39 Å². The Kier molecular flexibility index (Phi) is 8.86. The Morgan fingerprint density at radius 3 is 2.46 bits per heavy atom. The van der Waals surface area contributed by atoms with Gasteiger partial charge in [-0.1, -0.05) is 11.6 Å². The number of benzene rings is 1. The minimum atomic E-state index is -0.993. The summed E-state index contributed by atoms with van der Waals surface area (Å²) in [6.45, 7) is 3.99. The van der Waals surface area contributed by atoms with Crippen LogP contribution in [0.25, 0.3) is 0 Å². The van der Waals surface area contributed by atoms with Crippen molar-refractivity contribution in [2.45, 2.75) is 57.1 Å². The van der Waals surface area contributed by atoms with Crippen molar-refractivity contribution in [3.05, 3.63) is 52.1 Å². The molecular formula is C26H37ClFN7O2. The van der Waals surface area contributed by atoms with Crippen LogP contribution in [0.3, 0.4) is 0 Å². The summed E-state index contributed by atoms with van der Waals surface area (Å²) < 4.78 is 14.0. The zero-order chi connectivity index (χ0) is 27.5. The van der Waals surface area contributed by atoms with Crippen LogP contribution in [0.1, 0.15) is 61.5 Å². The number of nitrogens with one attached hydrogen (secondary N) is 3. The fourth-order valence-corrected chi connectivity index (χ4v) is 5.71. The molecule has 0 radical (unpaired) electrons. The predicted octanol–water partition coefficient (Wildman–Crippen LogP) is 3.79. The number of aldehydes is 1. The maximum Gasteiger partial charge on any atom is 0.155 e. The maximum atomic E-state index is 12.5. The zero-order valence-electron chi connectivity index (χ0n) is 21.7. The molecule has 0 amide bonds. The van der Waals surface area contributed by atoms with Crippen LogP contribution in [0.5, 0.6) is 0 Å². The molecule has 1 aromatic carbocycles. The van der Waals surface area contributed by atoms with E-state index in [0.29, 0.717) is 41.8 Å². The van der Waals surface area contributed by atoms with Crippen LogP contribution < -0.4 is 22.1 Å². The van der Waals surface area contributed by atoms with Gasteiger partial charge < -0.3 is 27.2 Å². The van der Waals surface area contributed by atoms with E-state index in [0.717, 1.165) is 30.5 Å². The fraction of sp³-hybridized carbons (Fsp3) is 0.500. The highest BCUT2D eigenvalue weighted by Crippen LogP contribution is 2.55. The highest BCUT2D eigenvalue weighted by molar-refractivity contribution is 6.31. The summed E-state index contributed by atoms with van der Waals surface area (Å²) in [5, 5.41) is 29.6. The van der Waals surface area contributed by atoms with E-state index < -0.39 is 5.60 Å². The second-order valence-electron chi connectivity index (χ2n) is 10.2. The summed E-state index contributed by atoms with van der Waals surface area (Å²) >= 11 is 5.48. The second-order valence-corrected chi connectivity index (χ2v) is 10.7. The third-order valence-corrected chi connectivity index (χ3v) is 7.45. The molecule has 37 heavy (non-hydrogen) atoms. The quantitative estimate of drug-likeness (QED) is 0.180. The number of aromatic nitrogens is 2. The van der Waals surface area contributed by atoms with Gasteiger partial charge in [-0.15, -0.1) is 0 Å². The Labute approximate surface area is 221 Å². The first-order valence-electron chi connectivity index (χ1n) is 12.3. The molecule has 0 spiro atoms. The largest absolute Gasteiger partial charge is 0.388 e. The summed E-state index contributed by atoms with van der Waals surface area (Å²) in [5.41, 5.74) is 13.2. The van der Waals surface area contributed by atoms with E-state index in [1.807, 2.05) is 13.8 Å². The van der Waals surface area contributed by atoms with Crippen molar-refractivity contribution in [1.82, 2.24) is 15.1 Å². The van der Waals surface area contributed by atoms with E-state index in [1.54, 1.807) is 24.8 Å². The second kappa shape index (κ2) is 11.5. The monoisotopic (exact) mass is 533 g/mol. The lowest BCUT2D eigenvalue weighted by molar-refractivity contribution is 0.0673. The number of nitrogens with two attached hydrogens (primary N) is 2. The normalized spacial score (nSPS) is 24.9. The molecule has 0 bridgehead atoms. The van der Waals surface area contributed by atoms with Crippen molar-refractivity contribution in [2.24, 2.45) is 24.6 Å². The number of carbonyl (C=O) groups is 1. The Hall–Kier alpha value is -3.11. The van der Waals surface area contributed by atoms with E-state index in [9.17, 15) is 14.3 Å². The van der Waals surface area contributed by atoms with Crippen LogP contribution in [-0.2, 0) is 7.05 Å². The average Bonchev–Trinajstić information content (AvgIpc) is 3.44. The number of amidine groups is 1. The first kappa shape index (κ1) is 28.5. The molecule has 0 aliphatic heterocycles. The lowest BCUT2D eigenvalue weighted by atomic mass is 9.89. The Morgan fingerprint density at radius 2 is 1.97 bits per heavy atom. The number of carbonyl (C=O) groups excluding carboxylic acids is 1. The van der Waals surface area contributed by atoms with Gasteiger partial charge >= 0.3 is 0 Å². The molecule has 11 heteroatoms. The summed E-state index contributed by atoms with van der Waals surface area (Å²) in [5.74, 6) is 0.814. The Bertz CT molecular complexity index is 1170. The Balaban J connectivity index is 0.000000319. The van der Waals surface area contributed by atoms with Gasteiger partial charge in [0, 0.05) is 43.5 Å². The summed E-state index contributed by atoms with van der Waals surface area (Å²) in [7, 11) is 3.50. The molecule has 2 fully saturated rings. The number of nitrogen functional groups attached to an aromatic ring is 1. The smallest absolute Gasteiger partial charge is 0.155 e. The third-order valence-electron chi connectivity index (χ3n) is 7.16. The summed E-state index contributed by atoms with van der Waals surface area (Å²) in [4.78, 5) is 11.4.